The molecule has 4 N–H and O–H groups in total. The molecule has 0 saturated heterocycles. The average Bonchev–Trinajstić information content (AvgIpc) is 2.42. The molecule has 1 rings (SSSR count). The molecule has 20 heavy (non-hydrogen) atoms. The average molecular weight is 279 g/mol. The second-order valence-electron chi connectivity index (χ2n) is 4.85. The van der Waals surface area contributed by atoms with Crippen molar-refractivity contribution in [1.29, 1.82) is 0 Å². The predicted octanol–water partition coefficient (Wildman–Crippen LogP) is 1.24. The van der Waals surface area contributed by atoms with Crippen molar-refractivity contribution in [2.24, 2.45) is 5.92 Å². The van der Waals surface area contributed by atoms with E-state index in [1.807, 2.05) is 13.8 Å². The highest BCUT2D eigenvalue weighted by Crippen LogP contribution is 2.19. The van der Waals surface area contributed by atoms with Crippen LogP contribution in [0, 0.1) is 5.92 Å². The van der Waals surface area contributed by atoms with E-state index in [1.165, 1.54) is 13.2 Å². The van der Waals surface area contributed by atoms with Gasteiger partial charge in [-0.2, -0.15) is 0 Å². The lowest BCUT2D eigenvalue weighted by Gasteiger charge is -2.12. The molecule has 0 heterocycles. The lowest BCUT2D eigenvalue weighted by Crippen LogP contribution is -2.32. The Morgan fingerprint density at radius 3 is 2.65 bits per heavy atom. The highest BCUT2D eigenvalue weighted by atomic mass is 16.5. The van der Waals surface area contributed by atoms with E-state index < -0.39 is 5.97 Å². The first kappa shape index (κ1) is 15.8. The van der Waals surface area contributed by atoms with Crippen molar-refractivity contribution in [2.45, 2.75) is 13.8 Å². The van der Waals surface area contributed by atoms with Crippen molar-refractivity contribution in [3.05, 3.63) is 23.8 Å². The first-order chi connectivity index (χ1) is 9.43. The molecule has 0 unspecified atom stereocenters. The molecule has 0 radical (unpaired) electrons. The quantitative estimate of drug-likeness (QED) is 0.538. The zero-order valence-corrected chi connectivity index (χ0v) is 12.0. The van der Waals surface area contributed by atoms with Gasteiger partial charge in [0, 0.05) is 17.9 Å². The van der Waals surface area contributed by atoms with Crippen LogP contribution < -0.4 is 16.4 Å². The molecule has 0 aromatic heterocycles. The molecule has 6 heteroatoms. The van der Waals surface area contributed by atoms with Gasteiger partial charge in [-0.25, -0.2) is 4.79 Å². The summed E-state index contributed by atoms with van der Waals surface area (Å²) in [5.41, 5.74) is 6.93. The number of carbonyl (C=O) groups is 2. The summed E-state index contributed by atoms with van der Waals surface area (Å²) in [6, 6.07) is 4.82. The number of hydrogen-bond donors (Lipinski definition) is 3. The number of nitrogens with two attached hydrogens (primary N) is 1. The SMILES string of the molecule is COC(=O)c1cc(N)ccc1NCC(=O)NCC(C)C. The van der Waals surface area contributed by atoms with Crippen LogP contribution >= 0.6 is 0 Å². The monoisotopic (exact) mass is 279 g/mol. The lowest BCUT2D eigenvalue weighted by atomic mass is 10.1. The van der Waals surface area contributed by atoms with E-state index in [0.717, 1.165) is 0 Å². The number of hydrogen-bond acceptors (Lipinski definition) is 5. The van der Waals surface area contributed by atoms with Gasteiger partial charge >= 0.3 is 5.97 Å². The zero-order valence-electron chi connectivity index (χ0n) is 12.0. The van der Waals surface area contributed by atoms with Gasteiger partial charge in [0.25, 0.3) is 0 Å². The Morgan fingerprint density at radius 2 is 2.05 bits per heavy atom. The lowest BCUT2D eigenvalue weighted by molar-refractivity contribution is -0.119. The highest BCUT2D eigenvalue weighted by molar-refractivity contribution is 5.97. The topological polar surface area (TPSA) is 93.4 Å². The molecule has 0 bridgehead atoms. The van der Waals surface area contributed by atoms with Crippen molar-refractivity contribution in [2.75, 3.05) is 31.2 Å². The first-order valence-electron chi connectivity index (χ1n) is 6.42. The zero-order chi connectivity index (χ0) is 15.1. The van der Waals surface area contributed by atoms with Crippen molar-refractivity contribution >= 4 is 23.3 Å². The molecule has 0 atom stereocenters. The summed E-state index contributed by atoms with van der Waals surface area (Å²) < 4.78 is 4.68. The van der Waals surface area contributed by atoms with Gasteiger partial charge in [0.15, 0.2) is 0 Å². The number of methoxy groups -OCH3 is 1. The number of esters is 1. The van der Waals surface area contributed by atoms with Crippen LogP contribution in [-0.4, -0.2) is 32.1 Å². The van der Waals surface area contributed by atoms with E-state index >= 15 is 0 Å². The third-order valence-electron chi connectivity index (χ3n) is 2.60. The molecule has 0 saturated carbocycles. The molecule has 0 spiro atoms. The van der Waals surface area contributed by atoms with Gasteiger partial charge in [-0.05, 0) is 24.1 Å². The molecule has 0 fully saturated rings. The Kier molecular flexibility index (Phi) is 5.83. The molecule has 110 valence electrons. The van der Waals surface area contributed by atoms with Gasteiger partial charge in [-0.3, -0.25) is 4.79 Å². The summed E-state index contributed by atoms with van der Waals surface area (Å²) in [6.07, 6.45) is 0. The fourth-order valence-electron chi connectivity index (χ4n) is 1.55. The molecule has 1 aromatic rings. The Balaban J connectivity index is 2.68. The van der Waals surface area contributed by atoms with Gasteiger partial charge in [0.05, 0.1) is 19.2 Å². The molecule has 0 aliphatic rings. The van der Waals surface area contributed by atoms with Crippen LogP contribution in [-0.2, 0) is 9.53 Å². The van der Waals surface area contributed by atoms with Crippen LogP contribution in [0.2, 0.25) is 0 Å². The third kappa shape index (κ3) is 4.79. The van der Waals surface area contributed by atoms with E-state index in [9.17, 15) is 9.59 Å². The Hall–Kier alpha value is -2.24. The minimum Gasteiger partial charge on any atom is -0.465 e. The number of benzene rings is 1. The second-order valence-corrected chi connectivity index (χ2v) is 4.85. The summed E-state index contributed by atoms with van der Waals surface area (Å²) in [5, 5.41) is 5.69. The van der Waals surface area contributed by atoms with E-state index in [0.29, 0.717) is 29.4 Å². The Bertz CT molecular complexity index is 487. The van der Waals surface area contributed by atoms with Crippen LogP contribution in [0.15, 0.2) is 18.2 Å². The summed E-state index contributed by atoms with van der Waals surface area (Å²) in [7, 11) is 1.30. The van der Waals surface area contributed by atoms with Gasteiger partial charge in [0.2, 0.25) is 5.91 Å². The summed E-state index contributed by atoms with van der Waals surface area (Å²) in [6.45, 7) is 4.73. The number of ether oxygens (including phenoxy) is 1. The Morgan fingerprint density at radius 1 is 1.35 bits per heavy atom. The van der Waals surface area contributed by atoms with Crippen LogP contribution in [0.3, 0.4) is 0 Å². The minimum absolute atomic E-state index is 0.0840. The summed E-state index contributed by atoms with van der Waals surface area (Å²) >= 11 is 0. The smallest absolute Gasteiger partial charge is 0.340 e. The number of anilines is 2. The molecule has 1 aromatic carbocycles. The fraction of sp³-hybridized carbons (Fsp3) is 0.429. The minimum atomic E-state index is -0.498. The van der Waals surface area contributed by atoms with Crippen molar-refractivity contribution in [1.82, 2.24) is 5.32 Å². The third-order valence-corrected chi connectivity index (χ3v) is 2.60. The van der Waals surface area contributed by atoms with Gasteiger partial charge in [0.1, 0.15) is 0 Å². The van der Waals surface area contributed by atoms with Gasteiger partial charge in [-0.1, -0.05) is 13.8 Å². The molecular weight excluding hydrogens is 258 g/mol. The molecule has 6 nitrogen and oxygen atoms in total. The Labute approximate surface area is 118 Å². The highest BCUT2D eigenvalue weighted by Gasteiger charge is 2.13. The number of carbonyl (C=O) groups excluding carboxylic acids is 2. The first-order valence-corrected chi connectivity index (χ1v) is 6.42. The molecule has 0 aliphatic heterocycles. The van der Waals surface area contributed by atoms with Crippen LogP contribution in [0.4, 0.5) is 11.4 Å². The number of nitrogens with one attached hydrogen (secondary N) is 2. The van der Waals surface area contributed by atoms with Crippen molar-refractivity contribution in [3.8, 4) is 0 Å². The van der Waals surface area contributed by atoms with Crippen LogP contribution in [0.1, 0.15) is 24.2 Å². The van der Waals surface area contributed by atoms with E-state index in [1.54, 1.807) is 12.1 Å². The maximum atomic E-state index is 11.6. The van der Waals surface area contributed by atoms with Crippen LogP contribution in [0.5, 0.6) is 0 Å². The van der Waals surface area contributed by atoms with Gasteiger partial charge in [-0.15, -0.1) is 0 Å². The fourth-order valence-corrected chi connectivity index (χ4v) is 1.55. The summed E-state index contributed by atoms with van der Waals surface area (Å²) in [5.74, 6) is -0.241. The van der Waals surface area contributed by atoms with E-state index in [-0.39, 0.29) is 12.5 Å². The maximum absolute atomic E-state index is 11.6. The van der Waals surface area contributed by atoms with E-state index in [2.05, 4.69) is 15.4 Å². The molecule has 0 aliphatic carbocycles. The van der Waals surface area contributed by atoms with Crippen molar-refractivity contribution < 1.29 is 14.3 Å². The summed E-state index contributed by atoms with van der Waals surface area (Å²) in [4.78, 5) is 23.3. The normalized spacial score (nSPS) is 10.2. The predicted molar refractivity (Wildman–Crippen MR) is 78.5 cm³/mol. The molecular formula is C14H21N3O3. The van der Waals surface area contributed by atoms with Crippen LogP contribution in [0.25, 0.3) is 0 Å². The standard InChI is InChI=1S/C14H21N3O3/c1-9(2)7-17-13(18)8-16-12-5-4-10(15)6-11(12)14(19)20-3/h4-6,9,16H,7-8,15H2,1-3H3,(H,17,18). The number of rotatable bonds is 6. The van der Waals surface area contributed by atoms with Gasteiger partial charge < -0.3 is 21.1 Å². The number of nitrogen functional groups attached to an aromatic ring is 1. The number of amides is 1. The van der Waals surface area contributed by atoms with Crippen molar-refractivity contribution in [3.63, 3.8) is 0 Å². The second kappa shape index (κ2) is 7.37. The maximum Gasteiger partial charge on any atom is 0.340 e. The van der Waals surface area contributed by atoms with E-state index in [4.69, 9.17) is 5.73 Å². The molecule has 1 amide bonds. The largest absolute Gasteiger partial charge is 0.465 e.